The van der Waals surface area contributed by atoms with E-state index in [4.69, 9.17) is 9.84 Å². The molecule has 8 heteroatoms. The van der Waals surface area contributed by atoms with Crippen LogP contribution < -0.4 is 10.1 Å². The zero-order valence-corrected chi connectivity index (χ0v) is 20.5. The number of ether oxygens (including phenoxy) is 1. The lowest BCUT2D eigenvalue weighted by Crippen LogP contribution is -2.34. The first kappa shape index (κ1) is 24.7. The van der Waals surface area contributed by atoms with Crippen molar-refractivity contribution >= 4 is 28.3 Å². The van der Waals surface area contributed by atoms with Crippen LogP contribution in [0, 0.1) is 0 Å². The monoisotopic (exact) mass is 500 g/mol. The van der Waals surface area contributed by atoms with E-state index in [9.17, 15) is 19.8 Å². The fourth-order valence-electron chi connectivity index (χ4n) is 4.78. The third-order valence-corrected chi connectivity index (χ3v) is 6.91. The first-order chi connectivity index (χ1) is 17.7. The maximum Gasteiger partial charge on any atom is 0.255 e. The third kappa shape index (κ3) is 4.40. The number of rotatable bonds is 7. The largest absolute Gasteiger partial charge is 0.491 e. The highest BCUT2D eigenvalue weighted by molar-refractivity contribution is 6.20. The van der Waals surface area contributed by atoms with Gasteiger partial charge in [-0.2, -0.15) is 0 Å². The summed E-state index contributed by atoms with van der Waals surface area (Å²) in [4.78, 5) is 29.8. The van der Waals surface area contributed by atoms with E-state index >= 15 is 0 Å². The van der Waals surface area contributed by atoms with Gasteiger partial charge in [0.15, 0.2) is 5.78 Å². The minimum Gasteiger partial charge on any atom is -0.491 e. The van der Waals surface area contributed by atoms with Gasteiger partial charge in [-0.1, -0.05) is 38.1 Å². The van der Waals surface area contributed by atoms with E-state index in [1.54, 1.807) is 36.4 Å². The standard InChI is InChI=1S/C29H28N2O6/c1-29(2)21-13-18(37-15-24(34)23(33)14-32)9-11-19(21)26(35)25-20-10-8-16(12-22(20)31-27(25)29)28(36)30-17-6-4-3-5-7-17/h3-13,23-24,31-34H,14-15H2,1-2H3,(H,30,36). The molecule has 0 spiro atoms. The summed E-state index contributed by atoms with van der Waals surface area (Å²) in [5.41, 5.74) is 3.90. The maximum absolute atomic E-state index is 13.6. The molecule has 1 aromatic heterocycles. The molecule has 5 N–H and O–H groups in total. The molecule has 0 aliphatic heterocycles. The lowest BCUT2D eigenvalue weighted by molar-refractivity contribution is -0.0339. The quantitative estimate of drug-likeness (QED) is 0.264. The Balaban J connectivity index is 1.47. The van der Waals surface area contributed by atoms with E-state index in [0.717, 1.165) is 16.6 Å². The number of anilines is 1. The van der Waals surface area contributed by atoms with E-state index in [1.807, 2.05) is 44.2 Å². The molecule has 5 rings (SSSR count). The number of carbonyl (C=O) groups excluding carboxylic acids is 2. The molecular weight excluding hydrogens is 472 g/mol. The van der Waals surface area contributed by atoms with Gasteiger partial charge in [0.05, 0.1) is 12.2 Å². The predicted molar refractivity (Wildman–Crippen MR) is 139 cm³/mol. The summed E-state index contributed by atoms with van der Waals surface area (Å²) in [5.74, 6) is 0.0624. The minimum atomic E-state index is -1.30. The van der Waals surface area contributed by atoms with Gasteiger partial charge < -0.3 is 30.4 Å². The summed E-state index contributed by atoms with van der Waals surface area (Å²) in [7, 11) is 0. The van der Waals surface area contributed by atoms with Crippen LogP contribution in [-0.2, 0) is 5.41 Å². The van der Waals surface area contributed by atoms with Crippen LogP contribution in [0.2, 0.25) is 0 Å². The Kier molecular flexibility index (Phi) is 6.33. The van der Waals surface area contributed by atoms with Crippen molar-refractivity contribution in [2.45, 2.75) is 31.5 Å². The van der Waals surface area contributed by atoms with Crippen LogP contribution in [0.3, 0.4) is 0 Å². The number of aliphatic hydroxyl groups is 3. The molecule has 8 nitrogen and oxygen atoms in total. The Labute approximate surface area is 213 Å². The second kappa shape index (κ2) is 9.48. The molecule has 0 saturated heterocycles. The highest BCUT2D eigenvalue weighted by Gasteiger charge is 2.40. The number of hydrogen-bond donors (Lipinski definition) is 5. The summed E-state index contributed by atoms with van der Waals surface area (Å²) >= 11 is 0. The Morgan fingerprint density at radius 3 is 2.51 bits per heavy atom. The number of aliphatic hydroxyl groups excluding tert-OH is 3. The zero-order valence-electron chi connectivity index (χ0n) is 20.5. The van der Waals surface area contributed by atoms with Crippen LogP contribution in [0.4, 0.5) is 5.69 Å². The molecular formula is C29H28N2O6. The number of H-pyrrole nitrogens is 1. The van der Waals surface area contributed by atoms with Gasteiger partial charge >= 0.3 is 0 Å². The molecule has 2 atom stereocenters. The molecule has 190 valence electrons. The molecule has 1 amide bonds. The highest BCUT2D eigenvalue weighted by atomic mass is 16.5. The fourth-order valence-corrected chi connectivity index (χ4v) is 4.78. The van der Waals surface area contributed by atoms with E-state index in [2.05, 4.69) is 10.3 Å². The second-order valence-electron chi connectivity index (χ2n) is 9.75. The van der Waals surface area contributed by atoms with Crippen molar-refractivity contribution in [2.24, 2.45) is 0 Å². The smallest absolute Gasteiger partial charge is 0.255 e. The maximum atomic E-state index is 13.6. The van der Waals surface area contributed by atoms with Gasteiger partial charge in [-0.25, -0.2) is 0 Å². The summed E-state index contributed by atoms with van der Waals surface area (Å²) in [6.45, 7) is 3.22. The van der Waals surface area contributed by atoms with Crippen LogP contribution in [0.5, 0.6) is 5.75 Å². The number of amides is 1. The van der Waals surface area contributed by atoms with Crippen LogP contribution in [0.1, 0.15) is 51.4 Å². The fraction of sp³-hybridized carbons (Fsp3) is 0.241. The van der Waals surface area contributed by atoms with Crippen molar-refractivity contribution in [2.75, 3.05) is 18.5 Å². The summed E-state index contributed by atoms with van der Waals surface area (Å²) in [5, 5.41) is 32.1. The first-order valence-corrected chi connectivity index (χ1v) is 12.0. The van der Waals surface area contributed by atoms with E-state index < -0.39 is 24.2 Å². The van der Waals surface area contributed by atoms with Crippen LogP contribution >= 0.6 is 0 Å². The van der Waals surface area contributed by atoms with Crippen LogP contribution in [0.25, 0.3) is 10.9 Å². The Morgan fingerprint density at radius 2 is 1.78 bits per heavy atom. The van der Waals surface area contributed by atoms with Gasteiger partial charge in [0.2, 0.25) is 0 Å². The number of aromatic amines is 1. The van der Waals surface area contributed by atoms with E-state index in [-0.39, 0.29) is 18.3 Å². The summed E-state index contributed by atoms with van der Waals surface area (Å²) in [6, 6.07) is 19.6. The molecule has 1 aliphatic rings. The lowest BCUT2D eigenvalue weighted by Gasteiger charge is -2.32. The van der Waals surface area contributed by atoms with Crippen molar-refractivity contribution in [1.29, 1.82) is 0 Å². The van der Waals surface area contributed by atoms with Gasteiger partial charge in [0, 0.05) is 38.8 Å². The molecule has 3 aromatic carbocycles. The molecule has 1 heterocycles. The SMILES string of the molecule is CC1(C)c2cc(OCC(O)C(O)CO)ccc2C(=O)c2c1[nH]c1cc(C(=O)Nc3ccccc3)ccc21. The topological polar surface area (TPSA) is 132 Å². The van der Waals surface area contributed by atoms with Crippen molar-refractivity contribution in [3.05, 3.63) is 94.7 Å². The van der Waals surface area contributed by atoms with Crippen molar-refractivity contribution in [1.82, 2.24) is 4.98 Å². The van der Waals surface area contributed by atoms with Crippen molar-refractivity contribution in [3.63, 3.8) is 0 Å². The minimum absolute atomic E-state index is 0.126. The normalized spacial score (nSPS) is 15.5. The Bertz CT molecular complexity index is 1490. The second-order valence-corrected chi connectivity index (χ2v) is 9.75. The molecule has 1 aliphatic carbocycles. The average Bonchev–Trinajstić information content (AvgIpc) is 3.31. The number of ketones is 1. The predicted octanol–water partition coefficient (Wildman–Crippen LogP) is 3.38. The summed E-state index contributed by atoms with van der Waals surface area (Å²) < 4.78 is 5.64. The average molecular weight is 501 g/mol. The number of fused-ring (bicyclic) bond motifs is 4. The number of hydrogen-bond acceptors (Lipinski definition) is 6. The highest BCUT2D eigenvalue weighted by Crippen LogP contribution is 2.44. The van der Waals surface area contributed by atoms with E-state index in [0.29, 0.717) is 33.6 Å². The van der Waals surface area contributed by atoms with Crippen LogP contribution in [-0.4, -0.2) is 57.4 Å². The Morgan fingerprint density at radius 1 is 1.03 bits per heavy atom. The Hall–Kier alpha value is -3.98. The lowest BCUT2D eigenvalue weighted by atomic mass is 9.71. The molecule has 0 radical (unpaired) electrons. The molecule has 0 bridgehead atoms. The molecule has 0 fully saturated rings. The number of nitrogens with one attached hydrogen (secondary N) is 2. The number of para-hydroxylation sites is 1. The molecule has 0 saturated carbocycles. The van der Waals surface area contributed by atoms with Gasteiger partial charge in [-0.3, -0.25) is 9.59 Å². The third-order valence-electron chi connectivity index (χ3n) is 6.91. The summed E-state index contributed by atoms with van der Waals surface area (Å²) in [6.07, 6.45) is -2.55. The number of benzene rings is 3. The van der Waals surface area contributed by atoms with Crippen molar-refractivity contribution < 1.29 is 29.6 Å². The van der Waals surface area contributed by atoms with Crippen molar-refractivity contribution in [3.8, 4) is 5.75 Å². The number of aromatic nitrogens is 1. The van der Waals surface area contributed by atoms with E-state index in [1.165, 1.54) is 0 Å². The number of carbonyl (C=O) groups is 2. The molecule has 37 heavy (non-hydrogen) atoms. The molecule has 2 unspecified atom stereocenters. The van der Waals surface area contributed by atoms with Crippen LogP contribution in [0.15, 0.2) is 66.7 Å². The molecule has 4 aromatic rings. The van der Waals surface area contributed by atoms with Gasteiger partial charge in [0.25, 0.3) is 5.91 Å². The van der Waals surface area contributed by atoms with Gasteiger partial charge in [-0.05, 0) is 48.0 Å². The zero-order chi connectivity index (χ0) is 26.3. The first-order valence-electron chi connectivity index (χ1n) is 12.0. The van der Waals surface area contributed by atoms with Gasteiger partial charge in [-0.15, -0.1) is 0 Å². The van der Waals surface area contributed by atoms with Gasteiger partial charge in [0.1, 0.15) is 24.6 Å².